The van der Waals surface area contributed by atoms with E-state index in [4.69, 9.17) is 4.84 Å². The second-order valence-corrected chi connectivity index (χ2v) is 8.95. The molecular weight excluding hydrogens is 440 g/mol. The Morgan fingerprint density at radius 1 is 1.00 bits per heavy atom. The first-order chi connectivity index (χ1) is 16.9. The summed E-state index contributed by atoms with van der Waals surface area (Å²) in [5, 5.41) is 5.68. The van der Waals surface area contributed by atoms with Gasteiger partial charge in [0.05, 0.1) is 0 Å². The third-order valence-corrected chi connectivity index (χ3v) is 6.71. The summed E-state index contributed by atoms with van der Waals surface area (Å²) in [6, 6.07) is 17.4. The maximum atomic E-state index is 13.3. The first-order valence-electron chi connectivity index (χ1n) is 11.9. The number of hydrogen-bond acceptors (Lipinski definition) is 5. The topological polar surface area (TPSA) is 77.7 Å². The van der Waals surface area contributed by atoms with E-state index in [-0.39, 0.29) is 17.3 Å². The molecule has 0 saturated carbocycles. The number of hydrogen-bond donors (Lipinski definition) is 0. The van der Waals surface area contributed by atoms with Gasteiger partial charge in [-0.2, -0.15) is 0 Å². The van der Waals surface area contributed by atoms with Crippen LogP contribution in [0.2, 0.25) is 0 Å². The van der Waals surface area contributed by atoms with Gasteiger partial charge in [0.25, 0.3) is 0 Å². The SMILES string of the molecule is CCn1c2ccc(C(=O)c3ccccc3C)cc2c2cc3c(cc21)CCC/C(=N\OC(C)=O)C3=O. The number of oxime groups is 1. The Balaban J connectivity index is 1.69. The molecule has 0 atom stereocenters. The predicted octanol–water partition coefficient (Wildman–Crippen LogP) is 5.79. The molecule has 0 amide bonds. The summed E-state index contributed by atoms with van der Waals surface area (Å²) < 4.78 is 2.22. The van der Waals surface area contributed by atoms with Gasteiger partial charge >= 0.3 is 5.97 Å². The first kappa shape index (κ1) is 22.7. The summed E-state index contributed by atoms with van der Waals surface area (Å²) in [6.45, 7) is 6.05. The fourth-order valence-corrected chi connectivity index (χ4v) is 4.99. The minimum absolute atomic E-state index is 0.0240. The van der Waals surface area contributed by atoms with E-state index in [0.29, 0.717) is 23.1 Å². The van der Waals surface area contributed by atoms with Crippen molar-refractivity contribution in [3.05, 3.63) is 82.4 Å². The molecule has 0 aliphatic heterocycles. The van der Waals surface area contributed by atoms with Crippen LogP contribution in [-0.4, -0.2) is 27.8 Å². The summed E-state index contributed by atoms with van der Waals surface area (Å²) in [4.78, 5) is 42.6. The molecule has 0 fully saturated rings. The fraction of sp³-hybridized carbons (Fsp3) is 0.241. The van der Waals surface area contributed by atoms with Crippen LogP contribution in [0.25, 0.3) is 21.8 Å². The van der Waals surface area contributed by atoms with E-state index in [2.05, 4.69) is 22.7 Å². The fourth-order valence-electron chi connectivity index (χ4n) is 4.99. The Labute approximate surface area is 203 Å². The summed E-state index contributed by atoms with van der Waals surface area (Å²) in [5.74, 6) is -0.795. The van der Waals surface area contributed by atoms with E-state index in [9.17, 15) is 14.4 Å². The van der Waals surface area contributed by atoms with Gasteiger partial charge in [-0.3, -0.25) is 9.59 Å². The molecule has 3 aromatic carbocycles. The van der Waals surface area contributed by atoms with Gasteiger partial charge < -0.3 is 9.40 Å². The van der Waals surface area contributed by atoms with Gasteiger partial charge in [0.15, 0.2) is 5.78 Å². The smallest absolute Gasteiger partial charge is 0.331 e. The van der Waals surface area contributed by atoms with Crippen LogP contribution in [0.3, 0.4) is 0 Å². The van der Waals surface area contributed by atoms with Gasteiger partial charge in [0, 0.05) is 52.0 Å². The molecule has 1 aliphatic carbocycles. The van der Waals surface area contributed by atoms with Crippen LogP contribution in [0.1, 0.15) is 64.1 Å². The number of nitrogens with zero attached hydrogens (tertiary/aromatic N) is 2. The predicted molar refractivity (Wildman–Crippen MR) is 136 cm³/mol. The lowest BCUT2D eigenvalue weighted by molar-refractivity contribution is -0.140. The molecule has 0 bridgehead atoms. The summed E-state index contributed by atoms with van der Waals surface area (Å²) in [6.07, 6.45) is 1.93. The number of aryl methyl sites for hydroxylation is 3. The van der Waals surface area contributed by atoms with Crippen molar-refractivity contribution in [3.63, 3.8) is 0 Å². The molecule has 6 heteroatoms. The number of benzene rings is 3. The van der Waals surface area contributed by atoms with Crippen molar-refractivity contribution in [2.24, 2.45) is 5.16 Å². The monoisotopic (exact) mass is 466 g/mol. The standard InChI is InChI=1S/C29H26N2O4/c1-4-31-26-13-12-20(28(33)21-10-6-5-8-17(21)2)14-23(26)24-16-22-19(15-27(24)31)9-7-11-25(29(22)34)30-35-18(3)32/h5-6,8,10,12-16H,4,7,9,11H2,1-3H3/b30-25+. The molecule has 1 aliphatic rings. The summed E-state index contributed by atoms with van der Waals surface area (Å²) in [5.41, 5.74) is 6.08. The Hall–Kier alpha value is -4.06. The molecule has 0 unspecified atom stereocenters. The van der Waals surface area contributed by atoms with Gasteiger partial charge in [-0.05, 0) is 74.6 Å². The highest BCUT2D eigenvalue weighted by atomic mass is 16.7. The van der Waals surface area contributed by atoms with Crippen LogP contribution in [0.15, 0.2) is 59.8 Å². The van der Waals surface area contributed by atoms with E-state index >= 15 is 0 Å². The van der Waals surface area contributed by atoms with Crippen molar-refractivity contribution in [2.75, 3.05) is 0 Å². The molecule has 0 spiro atoms. The van der Waals surface area contributed by atoms with Crippen molar-refractivity contribution in [3.8, 4) is 0 Å². The van der Waals surface area contributed by atoms with Crippen LogP contribution in [0.4, 0.5) is 0 Å². The van der Waals surface area contributed by atoms with Gasteiger partial charge in [-0.15, -0.1) is 0 Å². The highest BCUT2D eigenvalue weighted by Crippen LogP contribution is 2.34. The summed E-state index contributed by atoms with van der Waals surface area (Å²) in [7, 11) is 0. The molecule has 176 valence electrons. The molecule has 4 aromatic rings. The largest absolute Gasteiger partial charge is 0.341 e. The summed E-state index contributed by atoms with van der Waals surface area (Å²) >= 11 is 0. The zero-order chi connectivity index (χ0) is 24.7. The molecule has 0 N–H and O–H groups in total. The van der Waals surface area contributed by atoms with Crippen molar-refractivity contribution in [1.29, 1.82) is 0 Å². The number of ketones is 2. The average Bonchev–Trinajstić information content (AvgIpc) is 3.07. The minimum atomic E-state index is -0.554. The van der Waals surface area contributed by atoms with Crippen LogP contribution in [0, 0.1) is 6.92 Å². The molecule has 1 aromatic heterocycles. The van der Waals surface area contributed by atoms with Gasteiger partial charge in [0.2, 0.25) is 5.78 Å². The molecule has 5 rings (SSSR count). The van der Waals surface area contributed by atoms with E-state index < -0.39 is 5.97 Å². The van der Waals surface area contributed by atoms with Crippen molar-refractivity contribution < 1.29 is 19.2 Å². The lowest BCUT2D eigenvalue weighted by atomic mass is 9.96. The zero-order valence-electron chi connectivity index (χ0n) is 20.1. The molecule has 35 heavy (non-hydrogen) atoms. The maximum Gasteiger partial charge on any atom is 0.331 e. The highest BCUT2D eigenvalue weighted by Gasteiger charge is 2.25. The number of aromatic nitrogens is 1. The van der Waals surface area contributed by atoms with E-state index in [1.165, 1.54) is 6.92 Å². The molecular formula is C29H26N2O4. The first-order valence-corrected chi connectivity index (χ1v) is 11.9. The minimum Gasteiger partial charge on any atom is -0.341 e. The Morgan fingerprint density at radius 3 is 2.51 bits per heavy atom. The number of carbonyl (C=O) groups is 3. The van der Waals surface area contributed by atoms with Crippen molar-refractivity contribution >= 4 is 45.1 Å². The quantitative estimate of drug-likeness (QED) is 0.165. The van der Waals surface area contributed by atoms with Crippen LogP contribution in [-0.2, 0) is 22.6 Å². The highest BCUT2D eigenvalue weighted by molar-refractivity contribution is 6.46. The number of carbonyl (C=O) groups excluding carboxylic acids is 3. The van der Waals surface area contributed by atoms with E-state index in [0.717, 1.165) is 52.3 Å². The molecule has 6 nitrogen and oxygen atoms in total. The lowest BCUT2D eigenvalue weighted by Gasteiger charge is -2.08. The number of fused-ring (bicyclic) bond motifs is 4. The Bertz CT molecular complexity index is 1560. The molecule has 0 saturated heterocycles. The zero-order valence-corrected chi connectivity index (χ0v) is 20.1. The van der Waals surface area contributed by atoms with Gasteiger partial charge in [0.1, 0.15) is 5.71 Å². The molecule has 1 heterocycles. The number of Topliss-reactive ketones (excluding diaryl/α,β-unsaturated/α-hetero) is 1. The normalized spacial score (nSPS) is 14.8. The van der Waals surface area contributed by atoms with Crippen molar-refractivity contribution in [1.82, 2.24) is 4.57 Å². The van der Waals surface area contributed by atoms with Crippen LogP contribution < -0.4 is 0 Å². The maximum absolute atomic E-state index is 13.3. The van der Waals surface area contributed by atoms with E-state index in [1.807, 2.05) is 55.5 Å². The Morgan fingerprint density at radius 2 is 1.77 bits per heavy atom. The number of rotatable bonds is 4. The third-order valence-electron chi connectivity index (χ3n) is 6.71. The Kier molecular flexibility index (Phi) is 5.81. The third kappa shape index (κ3) is 3.95. The second kappa shape index (κ2) is 8.95. The second-order valence-electron chi connectivity index (χ2n) is 8.95. The van der Waals surface area contributed by atoms with Crippen LogP contribution >= 0.6 is 0 Å². The van der Waals surface area contributed by atoms with Gasteiger partial charge in [-0.25, -0.2) is 4.79 Å². The molecule has 0 radical (unpaired) electrons. The van der Waals surface area contributed by atoms with Gasteiger partial charge in [-0.1, -0.05) is 29.4 Å². The van der Waals surface area contributed by atoms with Crippen LogP contribution in [0.5, 0.6) is 0 Å². The average molecular weight is 467 g/mol. The van der Waals surface area contributed by atoms with Crippen molar-refractivity contribution in [2.45, 2.75) is 46.6 Å². The lowest BCUT2D eigenvalue weighted by Crippen LogP contribution is -2.14. The van der Waals surface area contributed by atoms with E-state index in [1.54, 1.807) is 0 Å².